The molecule has 2 heterocycles. The van der Waals surface area contributed by atoms with Crippen molar-refractivity contribution in [3.63, 3.8) is 0 Å². The summed E-state index contributed by atoms with van der Waals surface area (Å²) in [6.07, 6.45) is -1.49. The summed E-state index contributed by atoms with van der Waals surface area (Å²) in [4.78, 5) is 39.6. The Morgan fingerprint density at radius 3 is 2.75 bits per heavy atom. The van der Waals surface area contributed by atoms with Crippen molar-refractivity contribution in [2.45, 2.75) is 13.0 Å². The van der Waals surface area contributed by atoms with Gasteiger partial charge in [0.05, 0.1) is 24.5 Å². The molecule has 0 saturated carbocycles. The van der Waals surface area contributed by atoms with Crippen LogP contribution in [0.1, 0.15) is 11.0 Å². The smallest absolute Gasteiger partial charge is 0.414 e. The fraction of sp³-hybridized carbons (Fsp3) is 0.500. The van der Waals surface area contributed by atoms with Gasteiger partial charge in [-0.2, -0.15) is 0 Å². The number of hydrogen-bond donors (Lipinski definition) is 2. The number of carbonyl (C=O) groups is 3. The van der Waals surface area contributed by atoms with Gasteiger partial charge in [0.1, 0.15) is 18.5 Å². The summed E-state index contributed by atoms with van der Waals surface area (Å²) in [5.74, 6) is -2.06. The summed E-state index contributed by atoms with van der Waals surface area (Å²) in [5, 5.41) is 11.1. The topological polar surface area (TPSA) is 102 Å². The molecule has 2 N–H and O–H groups in total. The number of amides is 3. The van der Waals surface area contributed by atoms with Crippen LogP contribution in [-0.4, -0.2) is 79.9 Å². The largest absolute Gasteiger partial charge is 0.442 e. The van der Waals surface area contributed by atoms with E-state index in [1.54, 1.807) is 11.0 Å². The number of rotatable bonds is 5. The number of piperazine rings is 1. The minimum Gasteiger partial charge on any atom is -0.442 e. The highest BCUT2D eigenvalue weighted by molar-refractivity contribution is 5.90. The second-order valence-corrected chi connectivity index (χ2v) is 6.49. The van der Waals surface area contributed by atoms with Gasteiger partial charge in [0, 0.05) is 37.1 Å². The number of hydrogen-bond acceptors (Lipinski definition) is 6. The lowest BCUT2D eigenvalue weighted by Crippen LogP contribution is -2.49. The van der Waals surface area contributed by atoms with E-state index >= 15 is 0 Å². The molecule has 2 aliphatic heterocycles. The first-order valence-corrected chi connectivity index (χ1v) is 8.79. The van der Waals surface area contributed by atoms with Crippen LogP contribution in [0.5, 0.6) is 0 Å². The van der Waals surface area contributed by atoms with Crippen LogP contribution in [0.4, 0.5) is 20.6 Å². The standard InChI is InChI=1S/C18H23FN4O5/c1-12(25)20-9-14-10-23(18(27)28-14)13-2-3-16(15(19)8-13)21-4-6-22(7-5-21)17(26)11-24/h2-3,8,14,24H,4-7,9-11H2,1H3,(H,20,25)/t14-/m0/s1/i1D3. The Morgan fingerprint density at radius 1 is 1.36 bits per heavy atom. The number of ether oxygens (including phenoxy) is 1. The molecule has 1 aromatic rings. The van der Waals surface area contributed by atoms with E-state index in [0.29, 0.717) is 31.9 Å². The first-order valence-electron chi connectivity index (χ1n) is 10.3. The second kappa shape index (κ2) is 8.42. The molecule has 28 heavy (non-hydrogen) atoms. The van der Waals surface area contributed by atoms with Crippen LogP contribution in [0.2, 0.25) is 0 Å². The molecule has 152 valence electrons. The van der Waals surface area contributed by atoms with Gasteiger partial charge in [-0.15, -0.1) is 0 Å². The lowest BCUT2D eigenvalue weighted by atomic mass is 10.2. The predicted molar refractivity (Wildman–Crippen MR) is 98.6 cm³/mol. The molecule has 0 unspecified atom stereocenters. The van der Waals surface area contributed by atoms with Crippen LogP contribution < -0.4 is 15.1 Å². The van der Waals surface area contributed by atoms with E-state index in [4.69, 9.17) is 14.0 Å². The number of nitrogens with one attached hydrogen (secondary N) is 1. The van der Waals surface area contributed by atoms with E-state index in [1.165, 1.54) is 21.9 Å². The van der Waals surface area contributed by atoms with Gasteiger partial charge in [-0.05, 0) is 18.2 Å². The van der Waals surface area contributed by atoms with Crippen molar-refractivity contribution in [1.82, 2.24) is 10.2 Å². The molecule has 0 aliphatic carbocycles. The molecular formula is C18H23FN4O5. The first kappa shape index (κ1) is 16.1. The third-order valence-electron chi connectivity index (χ3n) is 4.72. The number of halogens is 1. The van der Waals surface area contributed by atoms with Gasteiger partial charge in [0.15, 0.2) is 0 Å². The fourth-order valence-electron chi connectivity index (χ4n) is 3.26. The van der Waals surface area contributed by atoms with E-state index < -0.39 is 37.4 Å². The first-order chi connectivity index (χ1) is 14.6. The van der Waals surface area contributed by atoms with Crippen molar-refractivity contribution in [2.75, 3.05) is 55.7 Å². The molecule has 2 fully saturated rings. The number of nitrogens with zero attached hydrogens (tertiary/aromatic N) is 3. The van der Waals surface area contributed by atoms with Crippen molar-refractivity contribution < 1.29 is 32.7 Å². The Bertz CT molecular complexity index is 861. The van der Waals surface area contributed by atoms with Crippen LogP contribution >= 0.6 is 0 Å². The molecule has 0 radical (unpaired) electrons. The van der Waals surface area contributed by atoms with Crippen LogP contribution in [0.3, 0.4) is 0 Å². The summed E-state index contributed by atoms with van der Waals surface area (Å²) in [5.41, 5.74) is 0.596. The number of cyclic esters (lactones) is 1. The molecule has 3 amide bonds. The van der Waals surface area contributed by atoms with Crippen LogP contribution in [0.15, 0.2) is 18.2 Å². The van der Waals surface area contributed by atoms with Gasteiger partial charge in [-0.1, -0.05) is 0 Å². The Kier molecular flexibility index (Phi) is 4.85. The molecule has 1 atom stereocenters. The average Bonchev–Trinajstić information content (AvgIpc) is 3.11. The monoisotopic (exact) mass is 397 g/mol. The van der Waals surface area contributed by atoms with Crippen molar-refractivity contribution in [3.8, 4) is 0 Å². The van der Waals surface area contributed by atoms with Gasteiger partial charge in [0.25, 0.3) is 0 Å². The van der Waals surface area contributed by atoms with Gasteiger partial charge in [-0.25, -0.2) is 9.18 Å². The minimum atomic E-state index is -2.79. The Balaban J connectivity index is 1.60. The highest BCUT2D eigenvalue weighted by Gasteiger charge is 2.33. The molecule has 2 aliphatic rings. The van der Waals surface area contributed by atoms with E-state index in [1.807, 2.05) is 0 Å². The maximum Gasteiger partial charge on any atom is 0.414 e. The highest BCUT2D eigenvalue weighted by atomic mass is 19.1. The molecule has 0 spiro atoms. The molecule has 0 bridgehead atoms. The summed E-state index contributed by atoms with van der Waals surface area (Å²) < 4.78 is 40.9. The fourth-order valence-corrected chi connectivity index (χ4v) is 3.26. The van der Waals surface area contributed by atoms with Gasteiger partial charge in [-0.3, -0.25) is 14.5 Å². The number of benzene rings is 1. The predicted octanol–water partition coefficient (Wildman–Crippen LogP) is -0.0721. The zero-order valence-corrected chi connectivity index (χ0v) is 15.1. The second-order valence-electron chi connectivity index (χ2n) is 6.49. The molecule has 1 aromatic carbocycles. The summed E-state index contributed by atoms with van der Waals surface area (Å²) >= 11 is 0. The molecule has 9 nitrogen and oxygen atoms in total. The van der Waals surface area contributed by atoms with E-state index in [2.05, 4.69) is 5.32 Å². The van der Waals surface area contributed by atoms with Crippen LogP contribution in [0.25, 0.3) is 0 Å². The zero-order valence-electron chi connectivity index (χ0n) is 18.1. The average molecular weight is 397 g/mol. The van der Waals surface area contributed by atoms with E-state index in [9.17, 15) is 18.8 Å². The van der Waals surface area contributed by atoms with Gasteiger partial charge in [0.2, 0.25) is 11.8 Å². The molecule has 2 saturated heterocycles. The molecule has 0 aromatic heterocycles. The summed E-state index contributed by atoms with van der Waals surface area (Å²) in [6, 6.07) is 4.30. The lowest BCUT2D eigenvalue weighted by Gasteiger charge is -2.36. The Labute approximate surface area is 165 Å². The van der Waals surface area contributed by atoms with Crippen molar-refractivity contribution in [1.29, 1.82) is 0 Å². The molecule has 3 rings (SSSR count). The number of carbonyl (C=O) groups excluding carboxylic acids is 3. The van der Waals surface area contributed by atoms with Crippen molar-refractivity contribution >= 4 is 29.3 Å². The summed E-state index contributed by atoms with van der Waals surface area (Å²) in [6.45, 7) is -1.96. The quantitative estimate of drug-likeness (QED) is 0.721. The maximum absolute atomic E-state index is 14.8. The van der Waals surface area contributed by atoms with Crippen molar-refractivity contribution in [3.05, 3.63) is 24.0 Å². The molecule has 10 heteroatoms. The highest BCUT2D eigenvalue weighted by Crippen LogP contribution is 2.28. The number of aliphatic hydroxyl groups is 1. The van der Waals surface area contributed by atoms with Crippen LogP contribution in [0, 0.1) is 5.82 Å². The minimum absolute atomic E-state index is 0.0286. The van der Waals surface area contributed by atoms with E-state index in [-0.39, 0.29) is 24.7 Å². The Hall–Kier alpha value is -2.88. The number of aliphatic hydroxyl groups excluding tert-OH is 1. The lowest BCUT2D eigenvalue weighted by molar-refractivity contribution is -0.134. The third kappa shape index (κ3) is 4.33. The van der Waals surface area contributed by atoms with Gasteiger partial charge >= 0.3 is 6.09 Å². The Morgan fingerprint density at radius 2 is 2.11 bits per heavy atom. The van der Waals surface area contributed by atoms with Crippen molar-refractivity contribution in [2.24, 2.45) is 0 Å². The van der Waals surface area contributed by atoms with Crippen LogP contribution in [-0.2, 0) is 14.3 Å². The normalized spacial score (nSPS) is 21.6. The SMILES string of the molecule is [2H]C([2H])([2H])C(=O)NC[C@H]1CN(c2ccc(N3CCN(C(=O)CO)CC3)c(F)c2)C(=O)O1. The van der Waals surface area contributed by atoms with E-state index in [0.717, 1.165) is 0 Å². The third-order valence-corrected chi connectivity index (χ3v) is 4.72. The maximum atomic E-state index is 14.8. The van der Waals surface area contributed by atoms with Gasteiger partial charge < -0.3 is 25.0 Å². The number of anilines is 2. The zero-order chi connectivity index (χ0) is 22.8. The summed E-state index contributed by atoms with van der Waals surface area (Å²) in [7, 11) is 0. The molecular weight excluding hydrogens is 371 g/mol.